The number of carbonyl (C=O) groups is 3. The van der Waals surface area contributed by atoms with Crippen molar-refractivity contribution >= 4 is 17.8 Å². The van der Waals surface area contributed by atoms with Crippen LogP contribution in [0, 0.1) is 0 Å². The second-order valence-electron chi connectivity index (χ2n) is 6.57. The molecule has 2 saturated heterocycles. The molecule has 0 bridgehead atoms. The lowest BCUT2D eigenvalue weighted by molar-refractivity contribution is -0.127. The van der Waals surface area contributed by atoms with Gasteiger partial charge in [-0.1, -0.05) is 5.21 Å². The highest BCUT2D eigenvalue weighted by Gasteiger charge is 2.32. The second-order valence-corrected chi connectivity index (χ2v) is 6.57. The normalized spacial score (nSPS) is 17.3. The summed E-state index contributed by atoms with van der Waals surface area (Å²) >= 11 is 0. The molecular weight excluding hydrogens is 338 g/mol. The van der Waals surface area contributed by atoms with Gasteiger partial charge in [-0.3, -0.25) is 9.59 Å². The van der Waals surface area contributed by atoms with Crippen LogP contribution in [0.2, 0.25) is 0 Å². The maximum atomic E-state index is 12.1. The Labute approximate surface area is 151 Å². The number of hydrogen-bond acceptors (Lipinski definition) is 5. The van der Waals surface area contributed by atoms with Gasteiger partial charge in [0.1, 0.15) is 0 Å². The lowest BCUT2D eigenvalue weighted by atomic mass is 10.1. The first-order valence-electron chi connectivity index (χ1n) is 9.09. The van der Waals surface area contributed by atoms with Crippen LogP contribution in [0.3, 0.4) is 0 Å². The summed E-state index contributed by atoms with van der Waals surface area (Å²) in [5.74, 6) is -0.0784. The van der Waals surface area contributed by atoms with Crippen molar-refractivity contribution in [3.05, 3.63) is 11.9 Å². The SMILES string of the molecule is CCNC(=O)N1CC(n2cc(C(=O)NCCCN3CCCC3=O)nn2)C1. The van der Waals surface area contributed by atoms with Gasteiger partial charge in [-0.15, -0.1) is 5.10 Å². The van der Waals surface area contributed by atoms with Crippen LogP contribution in [0.4, 0.5) is 4.79 Å². The summed E-state index contributed by atoms with van der Waals surface area (Å²) in [4.78, 5) is 38.8. The van der Waals surface area contributed by atoms with Crippen LogP contribution in [-0.4, -0.2) is 81.9 Å². The quantitative estimate of drug-likeness (QED) is 0.641. The van der Waals surface area contributed by atoms with Crippen LogP contribution in [0.1, 0.15) is 42.7 Å². The fraction of sp³-hybridized carbons (Fsp3) is 0.688. The Morgan fingerprint density at radius 3 is 2.81 bits per heavy atom. The zero-order chi connectivity index (χ0) is 18.5. The van der Waals surface area contributed by atoms with E-state index < -0.39 is 0 Å². The fourth-order valence-corrected chi connectivity index (χ4v) is 3.11. The van der Waals surface area contributed by atoms with Gasteiger partial charge in [0.2, 0.25) is 5.91 Å². The molecule has 2 aliphatic rings. The first-order valence-corrected chi connectivity index (χ1v) is 9.09. The minimum absolute atomic E-state index is 0.0489. The van der Waals surface area contributed by atoms with Gasteiger partial charge in [0.25, 0.3) is 5.91 Å². The Morgan fingerprint density at radius 2 is 2.12 bits per heavy atom. The maximum Gasteiger partial charge on any atom is 0.317 e. The molecule has 2 fully saturated rings. The summed E-state index contributed by atoms with van der Waals surface area (Å²) in [6, 6.07) is -0.0360. The molecular formula is C16H25N7O3. The average molecular weight is 363 g/mol. The Hall–Kier alpha value is -2.65. The van der Waals surface area contributed by atoms with Crippen molar-refractivity contribution in [2.75, 3.05) is 39.3 Å². The molecule has 0 saturated carbocycles. The predicted molar refractivity (Wildman–Crippen MR) is 92.5 cm³/mol. The third kappa shape index (κ3) is 4.12. The van der Waals surface area contributed by atoms with E-state index in [-0.39, 0.29) is 29.6 Å². The van der Waals surface area contributed by atoms with Crippen LogP contribution in [0.15, 0.2) is 6.20 Å². The summed E-state index contributed by atoms with van der Waals surface area (Å²) in [5, 5.41) is 13.5. The number of aromatic nitrogens is 3. The largest absolute Gasteiger partial charge is 0.351 e. The molecule has 2 aliphatic heterocycles. The molecule has 1 aromatic heterocycles. The van der Waals surface area contributed by atoms with E-state index in [1.807, 2.05) is 11.8 Å². The predicted octanol–water partition coefficient (Wildman–Crippen LogP) is -0.393. The maximum absolute atomic E-state index is 12.1. The topological polar surface area (TPSA) is 112 Å². The van der Waals surface area contributed by atoms with Crippen LogP contribution in [-0.2, 0) is 4.79 Å². The van der Waals surface area contributed by atoms with E-state index >= 15 is 0 Å². The van der Waals surface area contributed by atoms with E-state index in [9.17, 15) is 14.4 Å². The molecule has 0 aliphatic carbocycles. The van der Waals surface area contributed by atoms with Gasteiger partial charge in [-0.25, -0.2) is 9.48 Å². The Kier molecular flexibility index (Phi) is 5.69. The van der Waals surface area contributed by atoms with Gasteiger partial charge in [0.15, 0.2) is 5.69 Å². The zero-order valence-corrected chi connectivity index (χ0v) is 15.0. The summed E-state index contributed by atoms with van der Waals surface area (Å²) in [5.41, 5.74) is 0.263. The number of urea groups is 1. The molecule has 1 aromatic rings. The van der Waals surface area contributed by atoms with Crippen LogP contribution in [0.25, 0.3) is 0 Å². The third-order valence-corrected chi connectivity index (χ3v) is 4.66. The molecule has 2 N–H and O–H groups in total. The van der Waals surface area contributed by atoms with Gasteiger partial charge in [0, 0.05) is 45.7 Å². The minimum atomic E-state index is -0.274. The van der Waals surface area contributed by atoms with E-state index in [0.29, 0.717) is 39.1 Å². The van der Waals surface area contributed by atoms with Crippen molar-refractivity contribution in [1.29, 1.82) is 0 Å². The molecule has 10 nitrogen and oxygen atoms in total. The molecule has 26 heavy (non-hydrogen) atoms. The Bertz CT molecular complexity index is 669. The van der Waals surface area contributed by atoms with Gasteiger partial charge < -0.3 is 20.4 Å². The monoisotopic (exact) mass is 363 g/mol. The zero-order valence-electron chi connectivity index (χ0n) is 15.0. The number of hydrogen-bond donors (Lipinski definition) is 2. The van der Waals surface area contributed by atoms with Crippen molar-refractivity contribution in [1.82, 2.24) is 35.4 Å². The third-order valence-electron chi connectivity index (χ3n) is 4.66. The summed E-state index contributed by atoms with van der Waals surface area (Å²) in [7, 11) is 0. The number of nitrogens with zero attached hydrogens (tertiary/aromatic N) is 5. The summed E-state index contributed by atoms with van der Waals surface area (Å²) in [6.07, 6.45) is 3.88. The molecule has 3 heterocycles. The van der Waals surface area contributed by atoms with E-state index in [4.69, 9.17) is 0 Å². The number of carbonyl (C=O) groups excluding carboxylic acids is 3. The molecule has 0 unspecified atom stereocenters. The second kappa shape index (κ2) is 8.15. The van der Waals surface area contributed by atoms with E-state index in [1.54, 1.807) is 15.8 Å². The number of amides is 4. The first kappa shape index (κ1) is 18.2. The van der Waals surface area contributed by atoms with Crippen molar-refractivity contribution in [3.8, 4) is 0 Å². The smallest absolute Gasteiger partial charge is 0.317 e. The average Bonchev–Trinajstić information content (AvgIpc) is 3.20. The van der Waals surface area contributed by atoms with Crippen molar-refractivity contribution in [2.24, 2.45) is 0 Å². The highest BCUT2D eigenvalue weighted by atomic mass is 16.2. The van der Waals surface area contributed by atoms with Crippen LogP contribution in [0.5, 0.6) is 0 Å². The first-order chi connectivity index (χ1) is 12.6. The number of rotatable bonds is 7. The number of likely N-dealkylation sites (tertiary alicyclic amines) is 2. The van der Waals surface area contributed by atoms with Crippen molar-refractivity contribution in [3.63, 3.8) is 0 Å². The van der Waals surface area contributed by atoms with Crippen LogP contribution < -0.4 is 10.6 Å². The highest BCUT2D eigenvalue weighted by molar-refractivity contribution is 5.91. The number of nitrogens with one attached hydrogen (secondary N) is 2. The molecule has 0 spiro atoms. The lowest BCUT2D eigenvalue weighted by Crippen LogP contribution is -2.54. The van der Waals surface area contributed by atoms with Crippen molar-refractivity contribution in [2.45, 2.75) is 32.2 Å². The summed E-state index contributed by atoms with van der Waals surface area (Å²) < 4.78 is 1.63. The van der Waals surface area contributed by atoms with Gasteiger partial charge >= 0.3 is 6.03 Å². The molecule has 0 radical (unpaired) electrons. The van der Waals surface area contributed by atoms with Gasteiger partial charge in [-0.2, -0.15) is 0 Å². The van der Waals surface area contributed by atoms with E-state index in [1.165, 1.54) is 0 Å². The highest BCUT2D eigenvalue weighted by Crippen LogP contribution is 2.20. The standard InChI is InChI=1S/C16H25N7O3/c1-2-17-16(26)22-9-12(10-22)23-11-13(19-20-23)15(25)18-6-4-8-21-7-3-5-14(21)24/h11-12H,2-10H2,1H3,(H,17,26)(H,18,25). The molecule has 0 atom stereocenters. The molecule has 4 amide bonds. The summed E-state index contributed by atoms with van der Waals surface area (Å²) in [6.45, 7) is 5.56. The fourth-order valence-electron chi connectivity index (χ4n) is 3.11. The Balaban J connectivity index is 1.38. The lowest BCUT2D eigenvalue weighted by Gasteiger charge is -2.38. The minimum Gasteiger partial charge on any atom is -0.351 e. The molecule has 10 heteroatoms. The molecule has 142 valence electrons. The van der Waals surface area contributed by atoms with Gasteiger partial charge in [-0.05, 0) is 19.8 Å². The van der Waals surface area contributed by atoms with E-state index in [2.05, 4.69) is 20.9 Å². The van der Waals surface area contributed by atoms with Crippen LogP contribution >= 0.6 is 0 Å². The van der Waals surface area contributed by atoms with E-state index in [0.717, 1.165) is 19.4 Å². The molecule has 0 aromatic carbocycles. The van der Waals surface area contributed by atoms with Crippen molar-refractivity contribution < 1.29 is 14.4 Å². The van der Waals surface area contributed by atoms with Gasteiger partial charge in [0.05, 0.1) is 12.2 Å². The Morgan fingerprint density at radius 1 is 1.31 bits per heavy atom. The molecule has 3 rings (SSSR count).